The standard InChI is InChI=1S/C50H30O/c1-3-15-34-31(12-1)14-9-24-39(34)48-41-17-5-7-19-43(41)49(44-20-8-6-18-42(44)48)40-25-11-22-37-35(21-10-23-38(37)40)33-26-28-45-47(30-33)51-46-29-27-32-13-2-4-16-36(32)50(45)46/h1-30H/i1D,2D,3D,4D,5D,6D,7D,8D,9D,10D,11D,12D,13D,14D,15D,16D,17D,18D,19D,20D,21D,22D,23D,24D,25D,26D,27D,28D,29D,30D. The summed E-state index contributed by atoms with van der Waals surface area (Å²) < 4.78 is 279. The first kappa shape index (κ1) is 11.7. The van der Waals surface area contributed by atoms with Crippen molar-refractivity contribution in [3.05, 3.63) is 181 Å². The molecule has 0 spiro atoms. The first-order valence-corrected chi connectivity index (χ1v) is 15.2. The Bertz CT molecular complexity index is 4840. The van der Waals surface area contributed by atoms with Gasteiger partial charge in [0.1, 0.15) is 11.2 Å². The molecule has 0 saturated heterocycles. The van der Waals surface area contributed by atoms with E-state index in [2.05, 4.69) is 0 Å². The van der Waals surface area contributed by atoms with Gasteiger partial charge >= 0.3 is 0 Å². The van der Waals surface area contributed by atoms with E-state index in [1.54, 1.807) is 0 Å². The first-order chi connectivity index (χ1) is 37.8. The fourth-order valence-electron chi connectivity index (χ4n) is 6.51. The Balaban J connectivity index is 1.42. The van der Waals surface area contributed by atoms with Gasteiger partial charge < -0.3 is 4.42 Å². The SMILES string of the molecule is [2H]c1c([2H])c([2H])c2c(-c3c4c([2H])c([2H])c([2H])c([2H])c4c(-c4c([2H])c([2H])c([2H])c5c(-c6c([2H])c([2H])c7c(oc8c([2H])c([2H])c9c([2H])c([2H])c([2H])c([2H])c9c87)c6[2H])c([2H])c([2H])c([2H])c45)c4c([2H])c([2H])c([2H])c([2H])c34)c([2H])c([2H])c([2H])c2c1[2H]. The summed E-state index contributed by atoms with van der Waals surface area (Å²) in [5, 5.41) is -7.81. The molecule has 0 N–H and O–H groups in total. The van der Waals surface area contributed by atoms with Crippen LogP contribution in [0, 0.1) is 0 Å². The molecule has 0 aliphatic rings. The Morgan fingerprint density at radius 1 is 0.314 bits per heavy atom. The van der Waals surface area contributed by atoms with E-state index in [-0.39, 0.29) is 5.39 Å². The predicted molar refractivity (Wildman–Crippen MR) is 218 cm³/mol. The topological polar surface area (TPSA) is 13.1 Å². The van der Waals surface area contributed by atoms with Gasteiger partial charge in [-0.1, -0.05) is 163 Å². The molecule has 1 nitrogen and oxygen atoms in total. The van der Waals surface area contributed by atoms with Crippen LogP contribution < -0.4 is 0 Å². The van der Waals surface area contributed by atoms with Crippen molar-refractivity contribution in [1.82, 2.24) is 0 Å². The smallest absolute Gasteiger partial charge is 0.136 e. The number of furan rings is 1. The molecule has 11 rings (SSSR count). The van der Waals surface area contributed by atoms with Crippen LogP contribution in [-0.2, 0) is 0 Å². The lowest BCUT2D eigenvalue weighted by Crippen LogP contribution is -1.92. The van der Waals surface area contributed by atoms with Gasteiger partial charge in [0.25, 0.3) is 0 Å². The molecule has 0 aliphatic carbocycles. The maximum absolute atomic E-state index is 9.65. The molecule has 10 aromatic carbocycles. The van der Waals surface area contributed by atoms with Crippen LogP contribution in [0.4, 0.5) is 0 Å². The van der Waals surface area contributed by atoms with Gasteiger partial charge in [0.05, 0.1) is 41.1 Å². The van der Waals surface area contributed by atoms with Crippen molar-refractivity contribution in [2.45, 2.75) is 0 Å². The van der Waals surface area contributed by atoms with Crippen LogP contribution in [0.5, 0.6) is 0 Å². The number of rotatable bonds is 3. The Morgan fingerprint density at radius 2 is 0.784 bits per heavy atom. The highest BCUT2D eigenvalue weighted by Gasteiger charge is 2.20. The minimum absolute atomic E-state index is 0.363. The van der Waals surface area contributed by atoms with Crippen LogP contribution >= 0.6 is 0 Å². The third-order valence-electron chi connectivity index (χ3n) is 8.64. The summed E-state index contributed by atoms with van der Waals surface area (Å²) in [5.41, 5.74) is -6.02. The average molecular weight is 677 g/mol. The second kappa shape index (κ2) is 10.9. The summed E-state index contributed by atoms with van der Waals surface area (Å²) in [6.07, 6.45) is 0. The van der Waals surface area contributed by atoms with Crippen molar-refractivity contribution in [2.24, 2.45) is 0 Å². The lowest BCUT2D eigenvalue weighted by atomic mass is 9.83. The monoisotopic (exact) mass is 676 g/mol. The zero-order valence-electron chi connectivity index (χ0n) is 55.4. The Morgan fingerprint density at radius 3 is 1.45 bits per heavy atom. The minimum Gasteiger partial charge on any atom is -0.456 e. The van der Waals surface area contributed by atoms with Crippen LogP contribution in [-0.4, -0.2) is 0 Å². The molecule has 0 aliphatic heterocycles. The summed E-state index contributed by atoms with van der Waals surface area (Å²) in [6.45, 7) is 0. The summed E-state index contributed by atoms with van der Waals surface area (Å²) in [5.74, 6) is 0. The largest absolute Gasteiger partial charge is 0.456 e. The summed E-state index contributed by atoms with van der Waals surface area (Å²) in [6, 6.07) is -28.5. The molecule has 236 valence electrons. The van der Waals surface area contributed by atoms with E-state index in [9.17, 15) is 19.2 Å². The van der Waals surface area contributed by atoms with Gasteiger partial charge in [-0.05, 0) is 105 Å². The maximum atomic E-state index is 9.65. The molecule has 0 saturated carbocycles. The molecule has 0 bridgehead atoms. The summed E-state index contributed by atoms with van der Waals surface area (Å²) >= 11 is 0. The van der Waals surface area contributed by atoms with E-state index < -0.39 is 285 Å². The van der Waals surface area contributed by atoms with Crippen LogP contribution in [0.2, 0.25) is 0 Å². The predicted octanol–water partition coefficient (Wildman–Crippen LogP) is 14.4. The number of hydrogen-bond donors (Lipinski definition) is 0. The first-order valence-electron chi connectivity index (χ1n) is 30.2. The van der Waals surface area contributed by atoms with Gasteiger partial charge in [-0.3, -0.25) is 0 Å². The van der Waals surface area contributed by atoms with E-state index in [0.717, 1.165) is 0 Å². The van der Waals surface area contributed by atoms with Crippen LogP contribution in [0.1, 0.15) is 41.1 Å². The number of fused-ring (bicyclic) bond motifs is 9. The third-order valence-corrected chi connectivity index (χ3v) is 8.64. The molecule has 0 fully saturated rings. The van der Waals surface area contributed by atoms with Gasteiger partial charge in [-0.2, -0.15) is 0 Å². The minimum atomic E-state index is -1.11. The third kappa shape index (κ3) is 4.16. The van der Waals surface area contributed by atoms with Crippen molar-refractivity contribution < 1.29 is 45.5 Å². The van der Waals surface area contributed by atoms with Crippen molar-refractivity contribution in [3.63, 3.8) is 0 Å². The van der Waals surface area contributed by atoms with E-state index >= 15 is 0 Å². The van der Waals surface area contributed by atoms with Crippen LogP contribution in [0.25, 0.3) is 109 Å². The molecule has 51 heavy (non-hydrogen) atoms. The van der Waals surface area contributed by atoms with Gasteiger partial charge in [-0.15, -0.1) is 0 Å². The lowest BCUT2D eigenvalue weighted by Gasteiger charge is -2.20. The zero-order chi connectivity index (χ0) is 59.6. The number of benzene rings is 10. The molecular weight excluding hydrogens is 617 g/mol. The molecule has 0 radical (unpaired) electrons. The lowest BCUT2D eigenvalue weighted by molar-refractivity contribution is 0.669. The second-order valence-corrected chi connectivity index (χ2v) is 11.3. The molecular formula is C50H30O. The van der Waals surface area contributed by atoms with Crippen LogP contribution in [0.3, 0.4) is 0 Å². The zero-order valence-corrected chi connectivity index (χ0v) is 25.4. The van der Waals surface area contributed by atoms with Gasteiger partial charge in [-0.25, -0.2) is 0 Å². The Labute approximate surface area is 336 Å². The van der Waals surface area contributed by atoms with Crippen molar-refractivity contribution >= 4 is 75.8 Å². The van der Waals surface area contributed by atoms with Gasteiger partial charge in [0.2, 0.25) is 0 Å². The highest BCUT2D eigenvalue weighted by atomic mass is 16.3. The molecule has 0 amide bonds. The second-order valence-electron chi connectivity index (χ2n) is 11.3. The fourth-order valence-corrected chi connectivity index (χ4v) is 6.51. The van der Waals surface area contributed by atoms with Crippen molar-refractivity contribution in [1.29, 1.82) is 0 Å². The van der Waals surface area contributed by atoms with Crippen LogP contribution in [0.15, 0.2) is 186 Å². The number of hydrogen-bond acceptors (Lipinski definition) is 1. The normalized spacial score (nSPS) is 20.2. The summed E-state index contributed by atoms with van der Waals surface area (Å²) in [4.78, 5) is 0. The molecule has 0 unspecified atom stereocenters. The molecule has 11 aromatic rings. The van der Waals surface area contributed by atoms with E-state index in [1.807, 2.05) is 0 Å². The Kier molecular flexibility index (Phi) is 2.50. The molecule has 1 heteroatoms. The average Bonchev–Trinajstić information content (AvgIpc) is 2.42. The molecule has 1 aromatic heterocycles. The van der Waals surface area contributed by atoms with E-state index in [1.165, 1.54) is 0 Å². The van der Waals surface area contributed by atoms with E-state index in [4.69, 9.17) is 26.3 Å². The van der Waals surface area contributed by atoms with Gasteiger partial charge in [0.15, 0.2) is 0 Å². The summed E-state index contributed by atoms with van der Waals surface area (Å²) in [7, 11) is 0. The fraction of sp³-hybridized carbons (Fsp3) is 0. The maximum Gasteiger partial charge on any atom is 0.136 e. The van der Waals surface area contributed by atoms with Gasteiger partial charge in [0, 0.05) is 10.8 Å². The highest BCUT2D eigenvalue weighted by Crippen LogP contribution is 2.47. The molecule has 1 heterocycles. The van der Waals surface area contributed by atoms with Crippen molar-refractivity contribution in [2.75, 3.05) is 0 Å². The van der Waals surface area contributed by atoms with Crippen molar-refractivity contribution in [3.8, 4) is 33.4 Å². The quantitative estimate of drug-likeness (QED) is 0.170. The Hall–Kier alpha value is -6.70. The highest BCUT2D eigenvalue weighted by molar-refractivity contribution is 6.26. The molecule has 0 atom stereocenters. The van der Waals surface area contributed by atoms with E-state index in [0.29, 0.717) is 0 Å².